The fraction of sp³-hybridized carbons (Fsp3) is 0.762. The average molecular weight is 470 g/mol. The highest BCUT2D eigenvalue weighted by atomic mass is 32.2. The second-order valence-electron chi connectivity index (χ2n) is 8.72. The van der Waals surface area contributed by atoms with E-state index in [-0.39, 0.29) is 36.6 Å². The third-order valence-electron chi connectivity index (χ3n) is 5.49. The van der Waals surface area contributed by atoms with Gasteiger partial charge in [0.25, 0.3) is 0 Å². The van der Waals surface area contributed by atoms with Crippen molar-refractivity contribution in [2.45, 2.75) is 64.1 Å². The summed E-state index contributed by atoms with van der Waals surface area (Å²) in [6, 6.07) is -2.02. The van der Waals surface area contributed by atoms with Crippen LogP contribution in [0.15, 0.2) is 0 Å². The number of nitrogens with one attached hydrogen (secondary N) is 3. The first kappa shape index (κ1) is 26.1. The van der Waals surface area contributed by atoms with Crippen LogP contribution < -0.4 is 21.7 Å². The Labute approximate surface area is 193 Å². The zero-order valence-corrected chi connectivity index (χ0v) is 19.7. The molecule has 10 nitrogen and oxygen atoms in total. The van der Waals surface area contributed by atoms with Gasteiger partial charge in [-0.25, -0.2) is 0 Å². The number of ketones is 1. The van der Waals surface area contributed by atoms with Gasteiger partial charge in [0.1, 0.15) is 17.9 Å². The molecule has 32 heavy (non-hydrogen) atoms. The summed E-state index contributed by atoms with van der Waals surface area (Å²) in [5, 5.41) is 8.26. The van der Waals surface area contributed by atoms with Gasteiger partial charge in [-0.2, -0.15) is 11.8 Å². The van der Waals surface area contributed by atoms with E-state index >= 15 is 0 Å². The first-order chi connectivity index (χ1) is 15.2. The minimum atomic E-state index is -0.824. The molecule has 4 amide bonds. The van der Waals surface area contributed by atoms with Gasteiger partial charge in [-0.05, 0) is 37.4 Å². The molecule has 2 fully saturated rings. The zero-order valence-electron chi connectivity index (χ0n) is 18.9. The SMILES string of the molecule is CC(C)C[C@H](NC(=O)[C@@H]1CCCN1C(=O)[C@@H]1CSCCCC(=O)CN1)C(=O)NCC(N)=O. The normalized spacial score (nSPS) is 23.1. The largest absolute Gasteiger partial charge is 0.368 e. The fourth-order valence-corrected chi connectivity index (χ4v) is 4.90. The molecule has 2 rings (SSSR count). The molecule has 0 unspecified atom stereocenters. The number of Topliss-reactive ketones (excluding diaryl/α,β-unsaturated/α-hetero) is 1. The highest BCUT2D eigenvalue weighted by Gasteiger charge is 2.38. The summed E-state index contributed by atoms with van der Waals surface area (Å²) in [6.07, 6.45) is 2.89. The van der Waals surface area contributed by atoms with Crippen molar-refractivity contribution in [2.75, 3.05) is 31.1 Å². The summed E-state index contributed by atoms with van der Waals surface area (Å²) in [6.45, 7) is 4.15. The highest BCUT2D eigenvalue weighted by molar-refractivity contribution is 7.99. The molecule has 2 aliphatic rings. The van der Waals surface area contributed by atoms with Gasteiger partial charge in [0.05, 0.1) is 19.1 Å². The van der Waals surface area contributed by atoms with Gasteiger partial charge in [0.15, 0.2) is 0 Å². The Morgan fingerprint density at radius 1 is 1.25 bits per heavy atom. The predicted molar refractivity (Wildman–Crippen MR) is 122 cm³/mol. The molecule has 0 radical (unpaired) electrons. The molecule has 2 saturated heterocycles. The van der Waals surface area contributed by atoms with E-state index < -0.39 is 29.9 Å². The third kappa shape index (κ3) is 8.09. The summed E-state index contributed by atoms with van der Waals surface area (Å²) in [4.78, 5) is 63.2. The number of nitrogens with zero attached hydrogens (tertiary/aromatic N) is 1. The molecule has 0 spiro atoms. The number of thioether (sulfide) groups is 1. The third-order valence-corrected chi connectivity index (χ3v) is 6.63. The monoisotopic (exact) mass is 469 g/mol. The topological polar surface area (TPSA) is 151 Å². The lowest BCUT2D eigenvalue weighted by atomic mass is 10.0. The Balaban J connectivity index is 2.04. The van der Waals surface area contributed by atoms with Gasteiger partial charge >= 0.3 is 0 Å². The van der Waals surface area contributed by atoms with E-state index in [1.807, 2.05) is 13.8 Å². The number of amides is 4. The van der Waals surface area contributed by atoms with E-state index in [9.17, 15) is 24.0 Å². The zero-order chi connectivity index (χ0) is 23.7. The van der Waals surface area contributed by atoms with Crippen LogP contribution in [0.3, 0.4) is 0 Å². The van der Waals surface area contributed by atoms with E-state index in [4.69, 9.17) is 5.73 Å². The molecule has 180 valence electrons. The Hall–Kier alpha value is -2.14. The Morgan fingerprint density at radius 2 is 2.00 bits per heavy atom. The summed E-state index contributed by atoms with van der Waals surface area (Å²) in [7, 11) is 0. The molecule has 0 bridgehead atoms. The van der Waals surface area contributed by atoms with Crippen molar-refractivity contribution < 1.29 is 24.0 Å². The molecule has 5 N–H and O–H groups in total. The van der Waals surface area contributed by atoms with Crippen molar-refractivity contribution in [1.29, 1.82) is 0 Å². The van der Waals surface area contributed by atoms with Crippen LogP contribution in [0.2, 0.25) is 0 Å². The number of rotatable bonds is 8. The second kappa shape index (κ2) is 12.8. The Morgan fingerprint density at radius 3 is 2.69 bits per heavy atom. The van der Waals surface area contributed by atoms with Crippen LogP contribution in [0.1, 0.15) is 46.0 Å². The van der Waals surface area contributed by atoms with Crippen LogP contribution in [-0.4, -0.2) is 83.6 Å². The fourth-order valence-electron chi connectivity index (χ4n) is 3.89. The number of primary amides is 1. The molecule has 2 heterocycles. The van der Waals surface area contributed by atoms with E-state index in [1.165, 1.54) is 0 Å². The van der Waals surface area contributed by atoms with Crippen LogP contribution in [0.4, 0.5) is 0 Å². The first-order valence-electron chi connectivity index (χ1n) is 11.2. The van der Waals surface area contributed by atoms with Crippen LogP contribution >= 0.6 is 11.8 Å². The molecule has 3 atom stereocenters. The maximum absolute atomic E-state index is 13.2. The second-order valence-corrected chi connectivity index (χ2v) is 9.86. The van der Waals surface area contributed by atoms with Crippen LogP contribution in [-0.2, 0) is 24.0 Å². The molecule has 0 aromatic carbocycles. The Bertz CT molecular complexity index is 717. The Kier molecular flexibility index (Phi) is 10.4. The van der Waals surface area contributed by atoms with Gasteiger partial charge < -0.3 is 21.3 Å². The summed E-state index contributed by atoms with van der Waals surface area (Å²) < 4.78 is 0. The van der Waals surface area contributed by atoms with Gasteiger partial charge in [0.2, 0.25) is 23.6 Å². The minimum Gasteiger partial charge on any atom is -0.368 e. The summed E-state index contributed by atoms with van der Waals surface area (Å²) >= 11 is 1.63. The van der Waals surface area contributed by atoms with Crippen molar-refractivity contribution in [2.24, 2.45) is 11.7 Å². The number of nitrogens with two attached hydrogens (primary N) is 1. The van der Waals surface area contributed by atoms with Crippen molar-refractivity contribution in [3.63, 3.8) is 0 Å². The molecule has 0 aliphatic carbocycles. The highest BCUT2D eigenvalue weighted by Crippen LogP contribution is 2.21. The molecule has 0 aromatic heterocycles. The number of carbonyl (C=O) groups excluding carboxylic acids is 5. The maximum atomic E-state index is 13.2. The molecule has 0 saturated carbocycles. The van der Waals surface area contributed by atoms with E-state index in [0.29, 0.717) is 38.0 Å². The molecular weight excluding hydrogens is 434 g/mol. The van der Waals surface area contributed by atoms with Crippen molar-refractivity contribution >= 4 is 41.2 Å². The van der Waals surface area contributed by atoms with Gasteiger partial charge in [-0.15, -0.1) is 0 Å². The molecular formula is C21H35N5O5S. The lowest BCUT2D eigenvalue weighted by molar-refractivity contribution is -0.140. The lowest BCUT2D eigenvalue weighted by Gasteiger charge is -2.30. The smallest absolute Gasteiger partial charge is 0.243 e. The average Bonchev–Trinajstić information content (AvgIpc) is 3.24. The van der Waals surface area contributed by atoms with Crippen LogP contribution in [0, 0.1) is 5.92 Å². The van der Waals surface area contributed by atoms with Crippen LogP contribution in [0.25, 0.3) is 0 Å². The van der Waals surface area contributed by atoms with Crippen LogP contribution in [0.5, 0.6) is 0 Å². The van der Waals surface area contributed by atoms with E-state index in [1.54, 1.807) is 16.7 Å². The molecule has 0 aromatic rings. The van der Waals surface area contributed by atoms with Crippen molar-refractivity contribution in [3.8, 4) is 0 Å². The van der Waals surface area contributed by atoms with E-state index in [0.717, 1.165) is 12.2 Å². The number of likely N-dealkylation sites (tertiary alicyclic amines) is 1. The van der Waals surface area contributed by atoms with Crippen molar-refractivity contribution in [1.82, 2.24) is 20.9 Å². The standard InChI is InChI=1S/C21H35N5O5S/c1-13(2)9-15(19(29)24-11-18(22)28)25-20(30)17-6-3-7-26(17)21(31)16-12-32-8-4-5-14(27)10-23-16/h13,15-17,23H,3-12H2,1-2H3,(H2,22,28)(H,24,29)(H,25,30)/t15-,16-,17-/m0/s1. The minimum absolute atomic E-state index is 0.0829. The summed E-state index contributed by atoms with van der Waals surface area (Å²) in [5.74, 6) is -0.154. The maximum Gasteiger partial charge on any atom is 0.243 e. The lowest BCUT2D eigenvalue weighted by Crippen LogP contribution is -2.57. The predicted octanol–water partition coefficient (Wildman–Crippen LogP) is -0.836. The first-order valence-corrected chi connectivity index (χ1v) is 12.3. The van der Waals surface area contributed by atoms with Gasteiger partial charge in [0, 0.05) is 18.7 Å². The molecule has 11 heteroatoms. The van der Waals surface area contributed by atoms with Crippen molar-refractivity contribution in [3.05, 3.63) is 0 Å². The number of hydrogen-bond donors (Lipinski definition) is 4. The number of carbonyl (C=O) groups is 5. The van der Waals surface area contributed by atoms with Gasteiger partial charge in [-0.3, -0.25) is 29.3 Å². The number of hydrogen-bond acceptors (Lipinski definition) is 7. The van der Waals surface area contributed by atoms with Gasteiger partial charge in [-0.1, -0.05) is 13.8 Å². The summed E-state index contributed by atoms with van der Waals surface area (Å²) in [5.41, 5.74) is 5.09. The van der Waals surface area contributed by atoms with E-state index in [2.05, 4.69) is 16.0 Å². The quantitative estimate of drug-likeness (QED) is 0.362. The molecule has 2 aliphatic heterocycles.